The molecule has 2 heterocycles. The highest BCUT2D eigenvalue weighted by atomic mass is 16.1. The van der Waals surface area contributed by atoms with Gasteiger partial charge in [0.25, 0.3) is 11.5 Å². The lowest BCUT2D eigenvalue weighted by Gasteiger charge is -2.29. The number of aromatic nitrogens is 3. The minimum absolute atomic E-state index is 0.0112. The number of nitrogens with one attached hydrogen (secondary N) is 2. The number of rotatable bonds is 3. The fourth-order valence-electron chi connectivity index (χ4n) is 4.74. The quantitative estimate of drug-likeness (QED) is 0.548. The number of carbonyl (C=O) groups excluding carboxylic acids is 1. The lowest BCUT2D eigenvalue weighted by atomic mass is 9.82. The molecule has 5 rings (SSSR count). The zero-order valence-electron chi connectivity index (χ0n) is 16.9. The molecule has 1 amide bonds. The van der Waals surface area contributed by atoms with Crippen LogP contribution in [0.5, 0.6) is 0 Å². The molecule has 6 nitrogen and oxygen atoms in total. The van der Waals surface area contributed by atoms with E-state index in [1.165, 1.54) is 0 Å². The number of fused-ring (bicyclic) bond motifs is 2. The van der Waals surface area contributed by atoms with Crippen LogP contribution in [0.25, 0.3) is 21.7 Å². The first kappa shape index (κ1) is 18.6. The average molecular weight is 400 g/mol. The van der Waals surface area contributed by atoms with Crippen LogP contribution in [0.4, 0.5) is 0 Å². The molecule has 152 valence electrons. The summed E-state index contributed by atoms with van der Waals surface area (Å²) in [6.07, 6.45) is 5.57. The van der Waals surface area contributed by atoms with Crippen LogP contribution in [0.3, 0.4) is 0 Å². The number of H-pyrrole nitrogens is 1. The minimum Gasteiger partial charge on any atom is -0.350 e. The van der Waals surface area contributed by atoms with Crippen molar-refractivity contribution in [3.63, 3.8) is 0 Å². The Hall–Kier alpha value is -3.41. The van der Waals surface area contributed by atoms with Crippen molar-refractivity contribution in [2.24, 2.45) is 7.05 Å². The first-order valence-electron chi connectivity index (χ1n) is 10.4. The van der Waals surface area contributed by atoms with Gasteiger partial charge >= 0.3 is 0 Å². The van der Waals surface area contributed by atoms with E-state index in [-0.39, 0.29) is 23.4 Å². The summed E-state index contributed by atoms with van der Waals surface area (Å²) in [6, 6.07) is 15.8. The highest BCUT2D eigenvalue weighted by Crippen LogP contribution is 2.34. The zero-order chi connectivity index (χ0) is 20.7. The van der Waals surface area contributed by atoms with Gasteiger partial charge in [-0.25, -0.2) is 5.10 Å². The molecular formula is C24H24N4O2. The summed E-state index contributed by atoms with van der Waals surface area (Å²) in [6.45, 7) is 0. The van der Waals surface area contributed by atoms with Gasteiger partial charge in [0.1, 0.15) is 0 Å². The zero-order valence-corrected chi connectivity index (χ0v) is 16.9. The van der Waals surface area contributed by atoms with Gasteiger partial charge in [0.05, 0.1) is 16.6 Å². The Morgan fingerprint density at radius 3 is 2.43 bits per heavy atom. The van der Waals surface area contributed by atoms with Crippen LogP contribution < -0.4 is 10.9 Å². The maximum absolute atomic E-state index is 12.9. The van der Waals surface area contributed by atoms with Crippen molar-refractivity contribution in [2.45, 2.75) is 37.6 Å². The van der Waals surface area contributed by atoms with Gasteiger partial charge in [0, 0.05) is 41.5 Å². The molecule has 1 fully saturated rings. The molecular weight excluding hydrogens is 376 g/mol. The molecule has 1 aliphatic rings. The van der Waals surface area contributed by atoms with Crippen LogP contribution in [0.2, 0.25) is 0 Å². The first-order valence-corrected chi connectivity index (χ1v) is 10.4. The molecule has 0 radical (unpaired) electrons. The summed E-state index contributed by atoms with van der Waals surface area (Å²) in [4.78, 5) is 25.0. The number of carbonyl (C=O) groups is 1. The Balaban J connectivity index is 1.30. The number of aryl methyl sites for hydroxylation is 1. The van der Waals surface area contributed by atoms with E-state index in [1.807, 2.05) is 66.3 Å². The lowest BCUT2D eigenvalue weighted by Crippen LogP contribution is -2.37. The van der Waals surface area contributed by atoms with E-state index in [4.69, 9.17) is 0 Å². The Morgan fingerprint density at radius 2 is 1.67 bits per heavy atom. The normalized spacial score (nSPS) is 19.2. The Bertz CT molecular complexity index is 1300. The van der Waals surface area contributed by atoms with E-state index in [2.05, 4.69) is 15.5 Å². The number of benzene rings is 2. The van der Waals surface area contributed by atoms with E-state index in [9.17, 15) is 9.59 Å². The molecule has 1 saturated carbocycles. The van der Waals surface area contributed by atoms with Crippen molar-refractivity contribution >= 4 is 27.6 Å². The predicted octanol–water partition coefficient (Wildman–Crippen LogP) is 3.87. The average Bonchev–Trinajstić information content (AvgIpc) is 3.12. The topological polar surface area (TPSA) is 79.8 Å². The highest BCUT2D eigenvalue weighted by Gasteiger charge is 2.27. The van der Waals surface area contributed by atoms with E-state index in [1.54, 1.807) is 0 Å². The monoisotopic (exact) mass is 400 g/mol. The van der Waals surface area contributed by atoms with Gasteiger partial charge in [0.15, 0.2) is 0 Å². The van der Waals surface area contributed by atoms with E-state index in [0.717, 1.165) is 53.2 Å². The molecule has 0 unspecified atom stereocenters. The number of nitrogens with zero attached hydrogens (tertiary/aromatic N) is 2. The number of amides is 1. The smallest absolute Gasteiger partial charge is 0.272 e. The summed E-state index contributed by atoms with van der Waals surface area (Å²) >= 11 is 0. The Kier molecular flexibility index (Phi) is 4.62. The summed E-state index contributed by atoms with van der Waals surface area (Å²) in [5.74, 6) is 0.278. The third kappa shape index (κ3) is 3.18. The van der Waals surface area contributed by atoms with E-state index < -0.39 is 0 Å². The van der Waals surface area contributed by atoms with Gasteiger partial charge in [-0.15, -0.1) is 0 Å². The number of aromatic amines is 1. The maximum Gasteiger partial charge on any atom is 0.272 e. The van der Waals surface area contributed by atoms with Gasteiger partial charge in [-0.3, -0.25) is 9.59 Å². The summed E-state index contributed by atoms with van der Waals surface area (Å²) in [5.41, 5.74) is 2.60. The van der Waals surface area contributed by atoms with Crippen LogP contribution in [0.1, 0.15) is 47.7 Å². The first-order chi connectivity index (χ1) is 14.6. The molecule has 4 aromatic rings. The van der Waals surface area contributed by atoms with Crippen LogP contribution in [-0.2, 0) is 7.05 Å². The number of para-hydroxylation sites is 1. The molecule has 0 bridgehead atoms. The fraction of sp³-hybridized carbons (Fsp3) is 0.292. The van der Waals surface area contributed by atoms with Crippen molar-refractivity contribution in [3.05, 3.63) is 76.3 Å². The van der Waals surface area contributed by atoms with E-state index in [0.29, 0.717) is 5.39 Å². The molecule has 30 heavy (non-hydrogen) atoms. The van der Waals surface area contributed by atoms with Gasteiger partial charge < -0.3 is 9.88 Å². The third-order valence-corrected chi connectivity index (χ3v) is 6.32. The van der Waals surface area contributed by atoms with Gasteiger partial charge in [-0.2, -0.15) is 5.10 Å². The van der Waals surface area contributed by atoms with E-state index >= 15 is 0 Å². The van der Waals surface area contributed by atoms with Crippen molar-refractivity contribution in [1.82, 2.24) is 20.1 Å². The van der Waals surface area contributed by atoms with Gasteiger partial charge in [0.2, 0.25) is 0 Å². The highest BCUT2D eigenvalue weighted by molar-refractivity contribution is 6.07. The van der Waals surface area contributed by atoms with Crippen LogP contribution >= 0.6 is 0 Å². The minimum atomic E-state index is -0.148. The molecule has 6 heteroatoms. The number of hydrogen-bond donors (Lipinski definition) is 2. The second-order valence-electron chi connectivity index (χ2n) is 8.18. The van der Waals surface area contributed by atoms with Crippen molar-refractivity contribution in [2.75, 3.05) is 0 Å². The molecule has 0 saturated heterocycles. The molecule has 2 aromatic carbocycles. The maximum atomic E-state index is 12.9. The standard InChI is InChI=1S/C24H24N4O2/c1-28-14-20(17-6-4-5-9-21(17)28)23(29)25-16-12-10-15(11-13-16)22-18-7-2-3-8-19(18)24(30)27-26-22/h2-9,14-16H,10-13H2,1H3,(H,25,29)(H,27,30). The number of hydrogen-bond acceptors (Lipinski definition) is 3. The van der Waals surface area contributed by atoms with Crippen molar-refractivity contribution < 1.29 is 4.79 Å². The predicted molar refractivity (Wildman–Crippen MR) is 118 cm³/mol. The summed E-state index contributed by atoms with van der Waals surface area (Å²) in [5, 5.41) is 12.9. The fourth-order valence-corrected chi connectivity index (χ4v) is 4.74. The van der Waals surface area contributed by atoms with Gasteiger partial charge in [-0.1, -0.05) is 36.4 Å². The summed E-state index contributed by atoms with van der Waals surface area (Å²) in [7, 11) is 1.96. The van der Waals surface area contributed by atoms with Crippen LogP contribution in [-0.4, -0.2) is 26.7 Å². The molecule has 2 aromatic heterocycles. The SMILES string of the molecule is Cn1cc(C(=O)NC2CCC(c3n[nH]c(=O)c4ccccc34)CC2)c2ccccc21. The second-order valence-corrected chi connectivity index (χ2v) is 8.18. The largest absolute Gasteiger partial charge is 0.350 e. The van der Waals surface area contributed by atoms with Gasteiger partial charge in [-0.05, 0) is 37.8 Å². The lowest BCUT2D eigenvalue weighted by molar-refractivity contribution is 0.0927. The molecule has 0 atom stereocenters. The Labute approximate surface area is 173 Å². The van der Waals surface area contributed by atoms with Crippen molar-refractivity contribution in [3.8, 4) is 0 Å². The summed E-state index contributed by atoms with van der Waals surface area (Å²) < 4.78 is 1.99. The van der Waals surface area contributed by atoms with Crippen molar-refractivity contribution in [1.29, 1.82) is 0 Å². The molecule has 0 spiro atoms. The second kappa shape index (κ2) is 7.44. The molecule has 1 aliphatic carbocycles. The van der Waals surface area contributed by atoms with Crippen LogP contribution in [0.15, 0.2) is 59.5 Å². The molecule has 2 N–H and O–H groups in total. The molecule has 0 aliphatic heterocycles. The Morgan fingerprint density at radius 1 is 1.00 bits per heavy atom. The third-order valence-electron chi connectivity index (χ3n) is 6.32. The van der Waals surface area contributed by atoms with Crippen LogP contribution in [0, 0.1) is 0 Å².